The van der Waals surface area contributed by atoms with Crippen LogP contribution in [0.5, 0.6) is 0 Å². The number of carbonyl (C=O) groups is 1. The average Bonchev–Trinajstić information content (AvgIpc) is 3.20. The fourth-order valence-electron chi connectivity index (χ4n) is 2.27. The number of anilines is 1. The second kappa shape index (κ2) is 6.30. The second-order valence-electron chi connectivity index (χ2n) is 4.93. The van der Waals surface area contributed by atoms with Crippen molar-refractivity contribution in [1.82, 2.24) is 9.78 Å². The van der Waals surface area contributed by atoms with Crippen molar-refractivity contribution in [2.45, 2.75) is 19.9 Å². The van der Waals surface area contributed by atoms with Crippen LogP contribution in [0.4, 0.5) is 5.69 Å². The average molecular weight is 295 g/mol. The third-order valence-electron chi connectivity index (χ3n) is 3.41. The molecule has 0 saturated heterocycles. The highest BCUT2D eigenvalue weighted by atomic mass is 16.4. The lowest BCUT2D eigenvalue weighted by molar-refractivity contribution is 0.0994. The van der Waals surface area contributed by atoms with Gasteiger partial charge in [-0.05, 0) is 36.2 Å². The van der Waals surface area contributed by atoms with Gasteiger partial charge in [-0.15, -0.1) is 0 Å². The van der Waals surface area contributed by atoms with Crippen LogP contribution >= 0.6 is 0 Å². The van der Waals surface area contributed by atoms with Crippen LogP contribution in [0.25, 0.3) is 0 Å². The van der Waals surface area contributed by atoms with Gasteiger partial charge in [-0.2, -0.15) is 5.10 Å². The number of hydrogen-bond donors (Lipinski definition) is 1. The number of carbonyl (C=O) groups excluding carboxylic acids is 1. The molecule has 0 radical (unpaired) electrons. The Morgan fingerprint density at radius 1 is 1.23 bits per heavy atom. The summed E-state index contributed by atoms with van der Waals surface area (Å²) in [5, 5.41) is 7.01. The van der Waals surface area contributed by atoms with E-state index < -0.39 is 0 Å². The van der Waals surface area contributed by atoms with E-state index in [0.717, 1.165) is 17.7 Å². The number of hydrogen-bond acceptors (Lipinski definition) is 3. The molecule has 3 aromatic rings. The molecule has 1 N–H and O–H groups in total. The summed E-state index contributed by atoms with van der Waals surface area (Å²) in [6.07, 6.45) is 4.41. The maximum Gasteiger partial charge on any atom is 0.291 e. The van der Waals surface area contributed by atoms with E-state index in [2.05, 4.69) is 17.3 Å². The van der Waals surface area contributed by atoms with Crippen molar-refractivity contribution in [2.24, 2.45) is 0 Å². The van der Waals surface area contributed by atoms with Crippen molar-refractivity contribution in [3.63, 3.8) is 0 Å². The highest BCUT2D eigenvalue weighted by Crippen LogP contribution is 2.17. The van der Waals surface area contributed by atoms with E-state index in [1.54, 1.807) is 23.0 Å². The molecule has 0 spiro atoms. The van der Waals surface area contributed by atoms with Gasteiger partial charge in [0.2, 0.25) is 0 Å². The van der Waals surface area contributed by atoms with Crippen LogP contribution in [0.1, 0.15) is 28.8 Å². The predicted octanol–water partition coefficient (Wildman–Crippen LogP) is 3.34. The number of aromatic nitrogens is 2. The van der Waals surface area contributed by atoms with E-state index in [9.17, 15) is 4.79 Å². The highest BCUT2D eigenvalue weighted by molar-refractivity contribution is 6.02. The Labute approximate surface area is 128 Å². The monoisotopic (exact) mass is 295 g/mol. The first-order valence-corrected chi connectivity index (χ1v) is 7.21. The third kappa shape index (κ3) is 3.09. The predicted molar refractivity (Wildman–Crippen MR) is 83.8 cm³/mol. The van der Waals surface area contributed by atoms with E-state index in [4.69, 9.17) is 4.42 Å². The molecular weight excluding hydrogens is 278 g/mol. The van der Waals surface area contributed by atoms with Crippen LogP contribution in [0, 0.1) is 0 Å². The first-order valence-electron chi connectivity index (χ1n) is 7.21. The minimum Gasteiger partial charge on any atom is -0.454 e. The summed E-state index contributed by atoms with van der Waals surface area (Å²) in [5.74, 6) is 0.748. The minimum absolute atomic E-state index is 0.243. The van der Waals surface area contributed by atoms with E-state index in [0.29, 0.717) is 18.1 Å². The molecule has 22 heavy (non-hydrogen) atoms. The number of nitrogens with zero attached hydrogens (tertiary/aromatic N) is 2. The lowest BCUT2D eigenvalue weighted by atomic mass is 10.1. The number of aryl methyl sites for hydroxylation is 1. The molecule has 3 rings (SSSR count). The highest BCUT2D eigenvalue weighted by Gasteiger charge is 2.13. The topological polar surface area (TPSA) is 60.1 Å². The van der Waals surface area contributed by atoms with Gasteiger partial charge in [-0.25, -0.2) is 0 Å². The molecule has 1 amide bonds. The molecule has 0 aliphatic carbocycles. The number of para-hydroxylation sites is 1. The third-order valence-corrected chi connectivity index (χ3v) is 3.41. The molecule has 2 heterocycles. The van der Waals surface area contributed by atoms with Crippen LogP contribution in [-0.2, 0) is 13.0 Å². The molecule has 0 unspecified atom stereocenters. The molecule has 112 valence electrons. The molecule has 5 nitrogen and oxygen atoms in total. The van der Waals surface area contributed by atoms with Crippen LogP contribution in [0.3, 0.4) is 0 Å². The lowest BCUT2D eigenvalue weighted by Gasteiger charge is -2.08. The molecule has 0 fully saturated rings. The van der Waals surface area contributed by atoms with Crippen molar-refractivity contribution >= 4 is 11.6 Å². The van der Waals surface area contributed by atoms with Crippen LogP contribution in [0.2, 0.25) is 0 Å². The fourth-order valence-corrected chi connectivity index (χ4v) is 2.27. The molecule has 5 heteroatoms. The van der Waals surface area contributed by atoms with Gasteiger partial charge in [0.1, 0.15) is 5.76 Å². The standard InChI is InChI=1S/C17H17N3O2/c1-2-13-6-3-4-7-15(13)19-17(21)16-9-8-14(22-16)12-20-11-5-10-18-20/h3-11H,2,12H2,1H3,(H,19,21). The van der Waals surface area contributed by atoms with Gasteiger partial charge in [-0.3, -0.25) is 9.48 Å². The number of furan rings is 1. The first-order chi connectivity index (χ1) is 10.8. The molecule has 0 bridgehead atoms. The Hall–Kier alpha value is -2.82. The Balaban J connectivity index is 1.71. The molecule has 2 aromatic heterocycles. The zero-order chi connectivity index (χ0) is 15.4. The maximum absolute atomic E-state index is 12.3. The molecule has 0 atom stereocenters. The van der Waals surface area contributed by atoms with Gasteiger partial charge < -0.3 is 9.73 Å². The maximum atomic E-state index is 12.3. The Morgan fingerprint density at radius 3 is 2.86 bits per heavy atom. The Bertz CT molecular complexity index is 760. The smallest absolute Gasteiger partial charge is 0.291 e. The zero-order valence-electron chi connectivity index (χ0n) is 12.3. The van der Waals surface area contributed by atoms with Crippen molar-refractivity contribution in [1.29, 1.82) is 0 Å². The first kappa shape index (κ1) is 14.1. The van der Waals surface area contributed by atoms with Crippen molar-refractivity contribution < 1.29 is 9.21 Å². The summed E-state index contributed by atoms with van der Waals surface area (Å²) in [5.41, 5.74) is 1.92. The van der Waals surface area contributed by atoms with Gasteiger partial charge in [0.25, 0.3) is 5.91 Å². The summed E-state index contributed by atoms with van der Waals surface area (Å²) in [7, 11) is 0. The molecule has 0 saturated carbocycles. The number of amides is 1. The summed E-state index contributed by atoms with van der Waals surface area (Å²) in [4.78, 5) is 12.3. The Morgan fingerprint density at radius 2 is 2.09 bits per heavy atom. The summed E-state index contributed by atoms with van der Waals surface area (Å²) < 4.78 is 7.33. The SMILES string of the molecule is CCc1ccccc1NC(=O)c1ccc(Cn2cccn2)o1. The molecule has 1 aromatic carbocycles. The van der Waals surface area contributed by atoms with Crippen molar-refractivity contribution in [3.8, 4) is 0 Å². The largest absolute Gasteiger partial charge is 0.454 e. The van der Waals surface area contributed by atoms with Gasteiger partial charge >= 0.3 is 0 Å². The van der Waals surface area contributed by atoms with Gasteiger partial charge in [0.15, 0.2) is 5.76 Å². The molecule has 0 aliphatic rings. The van der Waals surface area contributed by atoms with Gasteiger partial charge in [0, 0.05) is 18.1 Å². The second-order valence-corrected chi connectivity index (χ2v) is 4.93. The summed E-state index contributed by atoms with van der Waals surface area (Å²) >= 11 is 0. The number of benzene rings is 1. The van der Waals surface area contributed by atoms with Crippen LogP contribution in [0.15, 0.2) is 59.3 Å². The Kier molecular flexibility index (Phi) is 4.05. The van der Waals surface area contributed by atoms with Crippen LogP contribution in [-0.4, -0.2) is 15.7 Å². The quantitative estimate of drug-likeness (QED) is 0.785. The summed E-state index contributed by atoms with van der Waals surface area (Å²) in [6, 6.07) is 13.1. The normalized spacial score (nSPS) is 10.6. The van der Waals surface area contributed by atoms with E-state index in [1.807, 2.05) is 36.5 Å². The van der Waals surface area contributed by atoms with E-state index >= 15 is 0 Å². The van der Waals surface area contributed by atoms with E-state index in [-0.39, 0.29) is 5.91 Å². The lowest BCUT2D eigenvalue weighted by Crippen LogP contribution is -2.12. The van der Waals surface area contributed by atoms with Crippen molar-refractivity contribution in [2.75, 3.05) is 5.32 Å². The zero-order valence-corrected chi connectivity index (χ0v) is 12.3. The van der Waals surface area contributed by atoms with Crippen molar-refractivity contribution in [3.05, 3.63) is 71.9 Å². The van der Waals surface area contributed by atoms with Crippen LogP contribution < -0.4 is 5.32 Å². The summed E-state index contributed by atoms with van der Waals surface area (Å²) in [6.45, 7) is 2.56. The number of rotatable bonds is 5. The number of nitrogens with one attached hydrogen (secondary N) is 1. The van der Waals surface area contributed by atoms with Gasteiger partial charge in [-0.1, -0.05) is 25.1 Å². The van der Waals surface area contributed by atoms with E-state index in [1.165, 1.54) is 0 Å². The molecule has 0 aliphatic heterocycles. The minimum atomic E-state index is -0.243. The molecular formula is C17H17N3O2. The fraction of sp³-hybridized carbons (Fsp3) is 0.176. The van der Waals surface area contributed by atoms with Gasteiger partial charge in [0.05, 0.1) is 6.54 Å².